The molecule has 1 N–H and O–H groups in total. The number of carbonyl (C=O) groups is 1. The highest BCUT2D eigenvalue weighted by molar-refractivity contribution is 9.10. The van der Waals surface area contributed by atoms with E-state index in [1.807, 2.05) is 19.9 Å². The van der Waals surface area contributed by atoms with E-state index in [-0.39, 0.29) is 5.56 Å². The van der Waals surface area contributed by atoms with Gasteiger partial charge >= 0.3 is 5.97 Å². The molecule has 0 unspecified atom stereocenters. The van der Waals surface area contributed by atoms with Gasteiger partial charge in [0.1, 0.15) is 5.82 Å². The highest BCUT2D eigenvalue weighted by atomic mass is 79.9. The van der Waals surface area contributed by atoms with Crippen LogP contribution < -0.4 is 15.0 Å². The van der Waals surface area contributed by atoms with Crippen molar-refractivity contribution >= 4 is 39.0 Å². The number of aliphatic carboxylic acids is 1. The Morgan fingerprint density at radius 3 is 2.74 bits per heavy atom. The lowest BCUT2D eigenvalue weighted by atomic mass is 10.1. The van der Waals surface area contributed by atoms with Crippen molar-refractivity contribution in [3.63, 3.8) is 0 Å². The molecule has 0 saturated carbocycles. The summed E-state index contributed by atoms with van der Waals surface area (Å²) >= 11 is 3.40. The van der Waals surface area contributed by atoms with Crippen LogP contribution in [0.2, 0.25) is 0 Å². The fourth-order valence-corrected chi connectivity index (χ4v) is 3.72. The van der Waals surface area contributed by atoms with Crippen LogP contribution in [-0.2, 0) is 17.6 Å². The van der Waals surface area contributed by atoms with Gasteiger partial charge in [-0.05, 0) is 56.2 Å². The normalized spacial score (nSPS) is 12.1. The standard InChI is InChI=1S/C25H26BrN3O5/c1-5-8-17-11-16(12-21(33-7-3)23(17)34-15(4)25(31)32)14-27-29-22(6-2)28-20-10-9-18(26)13-19(20)24(29)30/h5,9-15H,1,6-8H2,2-4H3,(H,31,32)/t15-/m1/s1. The van der Waals surface area contributed by atoms with E-state index >= 15 is 0 Å². The summed E-state index contributed by atoms with van der Waals surface area (Å²) in [6.07, 6.45) is 3.12. The van der Waals surface area contributed by atoms with Crippen molar-refractivity contribution in [2.75, 3.05) is 6.61 Å². The second kappa shape index (κ2) is 11.1. The third-order valence-corrected chi connectivity index (χ3v) is 5.47. The Bertz CT molecular complexity index is 1320. The van der Waals surface area contributed by atoms with Crippen LogP contribution in [0.5, 0.6) is 11.5 Å². The topological polar surface area (TPSA) is 103 Å². The minimum atomic E-state index is -1.08. The minimum absolute atomic E-state index is 0.272. The predicted molar refractivity (Wildman–Crippen MR) is 135 cm³/mol. The maximum absolute atomic E-state index is 13.1. The van der Waals surface area contributed by atoms with Crippen LogP contribution >= 0.6 is 15.9 Å². The van der Waals surface area contributed by atoms with Crippen LogP contribution in [-0.4, -0.2) is 39.7 Å². The molecule has 2 aromatic carbocycles. The fraction of sp³-hybridized carbons (Fsp3) is 0.280. The quantitative estimate of drug-likeness (QED) is 0.305. The van der Waals surface area contributed by atoms with Gasteiger partial charge in [-0.2, -0.15) is 9.78 Å². The molecule has 34 heavy (non-hydrogen) atoms. The average Bonchev–Trinajstić information content (AvgIpc) is 2.80. The first-order valence-corrected chi connectivity index (χ1v) is 11.6. The fourth-order valence-electron chi connectivity index (χ4n) is 3.36. The van der Waals surface area contributed by atoms with Crippen LogP contribution in [0.3, 0.4) is 0 Å². The summed E-state index contributed by atoms with van der Waals surface area (Å²) < 4.78 is 13.5. The maximum Gasteiger partial charge on any atom is 0.344 e. The van der Waals surface area contributed by atoms with E-state index in [4.69, 9.17) is 9.47 Å². The monoisotopic (exact) mass is 527 g/mol. The van der Waals surface area contributed by atoms with E-state index in [1.54, 1.807) is 36.6 Å². The molecule has 0 fully saturated rings. The number of ether oxygens (including phenoxy) is 2. The van der Waals surface area contributed by atoms with Crippen molar-refractivity contribution in [3.05, 3.63) is 74.8 Å². The van der Waals surface area contributed by atoms with E-state index in [1.165, 1.54) is 11.6 Å². The second-order valence-electron chi connectivity index (χ2n) is 7.44. The lowest BCUT2D eigenvalue weighted by Crippen LogP contribution is -2.24. The number of nitrogens with zero attached hydrogens (tertiary/aromatic N) is 3. The molecule has 0 aliphatic heterocycles. The van der Waals surface area contributed by atoms with Crippen molar-refractivity contribution in [1.82, 2.24) is 9.66 Å². The average molecular weight is 528 g/mol. The molecule has 0 aliphatic carbocycles. The van der Waals surface area contributed by atoms with Crippen molar-refractivity contribution in [1.29, 1.82) is 0 Å². The molecule has 0 bridgehead atoms. The summed E-state index contributed by atoms with van der Waals surface area (Å²) in [6.45, 7) is 9.32. The Labute approximate surface area is 205 Å². The van der Waals surface area contributed by atoms with Crippen LogP contribution in [0.4, 0.5) is 0 Å². The number of carboxylic acid groups (broad SMARTS) is 1. The molecule has 3 rings (SSSR count). The van der Waals surface area contributed by atoms with Gasteiger partial charge in [0.2, 0.25) is 0 Å². The number of hydrogen-bond donors (Lipinski definition) is 1. The van der Waals surface area contributed by atoms with E-state index < -0.39 is 12.1 Å². The predicted octanol–water partition coefficient (Wildman–Crippen LogP) is 4.58. The van der Waals surface area contributed by atoms with Gasteiger partial charge in [0.25, 0.3) is 5.56 Å². The number of hydrogen-bond acceptors (Lipinski definition) is 6. The molecule has 178 valence electrons. The summed E-state index contributed by atoms with van der Waals surface area (Å²) in [6, 6.07) is 8.86. The molecular weight excluding hydrogens is 502 g/mol. The number of fused-ring (bicyclic) bond motifs is 1. The number of rotatable bonds is 10. The van der Waals surface area contributed by atoms with Gasteiger partial charge in [0, 0.05) is 16.5 Å². The molecule has 3 aromatic rings. The molecular formula is C25H26BrN3O5. The highest BCUT2D eigenvalue weighted by Gasteiger charge is 2.19. The first-order valence-electron chi connectivity index (χ1n) is 10.8. The van der Waals surface area contributed by atoms with E-state index in [0.717, 1.165) is 4.47 Å². The Hall–Kier alpha value is -3.46. The van der Waals surface area contributed by atoms with Gasteiger partial charge in [-0.15, -0.1) is 6.58 Å². The third kappa shape index (κ3) is 5.53. The van der Waals surface area contributed by atoms with Crippen LogP contribution in [0, 0.1) is 0 Å². The molecule has 9 heteroatoms. The zero-order chi connectivity index (χ0) is 24.8. The first kappa shape index (κ1) is 25.2. The maximum atomic E-state index is 13.1. The Kier molecular flexibility index (Phi) is 8.22. The Morgan fingerprint density at radius 1 is 1.32 bits per heavy atom. The van der Waals surface area contributed by atoms with Crippen LogP contribution in [0.1, 0.15) is 37.7 Å². The Morgan fingerprint density at radius 2 is 2.09 bits per heavy atom. The molecule has 8 nitrogen and oxygen atoms in total. The van der Waals surface area contributed by atoms with Crippen LogP contribution in [0.15, 0.2) is 57.4 Å². The van der Waals surface area contributed by atoms with E-state index in [0.29, 0.717) is 58.8 Å². The first-order chi connectivity index (χ1) is 16.3. The van der Waals surface area contributed by atoms with Gasteiger partial charge < -0.3 is 14.6 Å². The number of aryl methyl sites for hydroxylation is 1. The van der Waals surface area contributed by atoms with E-state index in [9.17, 15) is 14.7 Å². The summed E-state index contributed by atoms with van der Waals surface area (Å²) in [5.74, 6) is 0.180. The number of aromatic nitrogens is 2. The zero-order valence-electron chi connectivity index (χ0n) is 19.2. The van der Waals surface area contributed by atoms with Gasteiger partial charge in [-0.25, -0.2) is 9.78 Å². The molecule has 1 heterocycles. The van der Waals surface area contributed by atoms with Gasteiger partial charge in [-0.1, -0.05) is 28.9 Å². The summed E-state index contributed by atoms with van der Waals surface area (Å²) in [4.78, 5) is 29.0. The Balaban J connectivity index is 2.11. The molecule has 0 amide bonds. The molecule has 0 radical (unpaired) electrons. The molecule has 0 aliphatic rings. The smallest absolute Gasteiger partial charge is 0.344 e. The number of benzene rings is 2. The van der Waals surface area contributed by atoms with Crippen molar-refractivity contribution in [2.24, 2.45) is 5.10 Å². The molecule has 1 aromatic heterocycles. The van der Waals surface area contributed by atoms with Crippen molar-refractivity contribution in [2.45, 2.75) is 39.7 Å². The minimum Gasteiger partial charge on any atom is -0.490 e. The van der Waals surface area contributed by atoms with Gasteiger partial charge in [0.15, 0.2) is 17.6 Å². The number of carboxylic acids is 1. The van der Waals surface area contributed by atoms with Crippen LogP contribution in [0.25, 0.3) is 10.9 Å². The van der Waals surface area contributed by atoms with Gasteiger partial charge in [0.05, 0.1) is 23.7 Å². The lowest BCUT2D eigenvalue weighted by molar-refractivity contribution is -0.144. The van der Waals surface area contributed by atoms with Crippen molar-refractivity contribution < 1.29 is 19.4 Å². The summed E-state index contributed by atoms with van der Waals surface area (Å²) in [7, 11) is 0. The summed E-state index contributed by atoms with van der Waals surface area (Å²) in [5.41, 5.74) is 1.68. The van der Waals surface area contributed by atoms with E-state index in [2.05, 4.69) is 32.6 Å². The number of allylic oxidation sites excluding steroid dienone is 1. The number of halogens is 1. The highest BCUT2D eigenvalue weighted by Crippen LogP contribution is 2.34. The lowest BCUT2D eigenvalue weighted by Gasteiger charge is -2.18. The SMILES string of the molecule is C=CCc1cc(C=Nn2c(CC)nc3ccc(Br)cc3c2=O)cc(OCC)c1O[C@H](C)C(=O)O. The molecule has 1 atom stereocenters. The largest absolute Gasteiger partial charge is 0.490 e. The third-order valence-electron chi connectivity index (χ3n) is 4.97. The molecule has 0 spiro atoms. The second-order valence-corrected chi connectivity index (χ2v) is 8.35. The van der Waals surface area contributed by atoms with Gasteiger partial charge in [-0.3, -0.25) is 4.79 Å². The molecule has 0 saturated heterocycles. The summed E-state index contributed by atoms with van der Waals surface area (Å²) in [5, 5.41) is 14.2. The van der Waals surface area contributed by atoms with Crippen molar-refractivity contribution in [3.8, 4) is 11.5 Å². The zero-order valence-corrected chi connectivity index (χ0v) is 20.8.